The zero-order valence-electron chi connectivity index (χ0n) is 19.1. The number of anilines is 1. The molecule has 1 aromatic carbocycles. The monoisotopic (exact) mass is 482 g/mol. The largest absolute Gasteiger partial charge is 0.384 e. The fourth-order valence-electron chi connectivity index (χ4n) is 3.66. The number of hydrogen-bond donors (Lipinski definition) is 2. The Hall–Kier alpha value is -2.63. The molecule has 2 heterocycles. The molecule has 0 bridgehead atoms. The Kier molecular flexibility index (Phi) is 9.10. The van der Waals surface area contributed by atoms with Crippen LogP contribution in [0.5, 0.6) is 0 Å². The summed E-state index contributed by atoms with van der Waals surface area (Å²) in [6.07, 6.45) is 9.16. The lowest BCUT2D eigenvalue weighted by molar-refractivity contribution is 0.0995. The SMILES string of the molecule is CP(C)c1ccc(N)nc1.NC(=O)c1cc(-c2ccc(S(=O)C3CCCCC3)cc2)ccn1. The highest BCUT2D eigenvalue weighted by molar-refractivity contribution is 7.85. The van der Waals surface area contributed by atoms with E-state index in [-0.39, 0.29) is 18.9 Å². The van der Waals surface area contributed by atoms with Crippen LogP contribution in [0.15, 0.2) is 65.8 Å². The van der Waals surface area contributed by atoms with Gasteiger partial charge in [-0.2, -0.15) is 0 Å². The first-order valence-electron chi connectivity index (χ1n) is 11.0. The molecule has 8 heteroatoms. The van der Waals surface area contributed by atoms with E-state index in [1.165, 1.54) is 24.6 Å². The molecule has 4 N–H and O–H groups in total. The number of nitrogens with zero attached hydrogens (tertiary/aromatic N) is 2. The van der Waals surface area contributed by atoms with E-state index in [1.54, 1.807) is 12.3 Å². The molecule has 0 saturated heterocycles. The number of nitrogen functional groups attached to an aromatic ring is 1. The van der Waals surface area contributed by atoms with E-state index in [2.05, 4.69) is 23.3 Å². The topological polar surface area (TPSA) is 112 Å². The molecule has 0 spiro atoms. The number of carbonyl (C=O) groups excluding carboxylic acids is 1. The first-order valence-corrected chi connectivity index (χ1v) is 14.5. The summed E-state index contributed by atoms with van der Waals surface area (Å²) < 4.78 is 12.6. The van der Waals surface area contributed by atoms with Crippen LogP contribution in [0.2, 0.25) is 0 Å². The van der Waals surface area contributed by atoms with E-state index in [0.29, 0.717) is 5.82 Å². The van der Waals surface area contributed by atoms with Gasteiger partial charge in [0.05, 0.1) is 10.8 Å². The Labute approximate surface area is 199 Å². The number of rotatable bonds is 5. The summed E-state index contributed by atoms with van der Waals surface area (Å²) in [4.78, 5) is 20.0. The normalized spacial score (nSPS) is 14.9. The van der Waals surface area contributed by atoms with Gasteiger partial charge in [0.15, 0.2) is 0 Å². The fraction of sp³-hybridized carbons (Fsp3) is 0.320. The number of primary amides is 1. The third-order valence-electron chi connectivity index (χ3n) is 5.57. The quantitative estimate of drug-likeness (QED) is 0.526. The van der Waals surface area contributed by atoms with Gasteiger partial charge in [-0.15, -0.1) is 0 Å². The summed E-state index contributed by atoms with van der Waals surface area (Å²) in [6, 6.07) is 15.1. The maximum atomic E-state index is 12.6. The Morgan fingerprint density at radius 1 is 0.970 bits per heavy atom. The molecule has 1 aliphatic carbocycles. The molecule has 2 aromatic heterocycles. The molecule has 1 fully saturated rings. The number of nitrogens with two attached hydrogens (primary N) is 2. The Morgan fingerprint density at radius 2 is 1.67 bits per heavy atom. The van der Waals surface area contributed by atoms with Crippen LogP contribution >= 0.6 is 7.92 Å². The molecule has 1 atom stereocenters. The van der Waals surface area contributed by atoms with Gasteiger partial charge in [-0.1, -0.05) is 39.3 Å². The second-order valence-corrected chi connectivity index (χ2v) is 12.2. The van der Waals surface area contributed by atoms with Crippen molar-refractivity contribution >= 4 is 35.8 Å². The molecule has 174 valence electrons. The van der Waals surface area contributed by atoms with Crippen molar-refractivity contribution in [2.24, 2.45) is 5.73 Å². The number of benzene rings is 1. The van der Waals surface area contributed by atoms with E-state index in [4.69, 9.17) is 11.5 Å². The summed E-state index contributed by atoms with van der Waals surface area (Å²) in [6.45, 7) is 4.39. The van der Waals surface area contributed by atoms with Gasteiger partial charge in [0.2, 0.25) is 0 Å². The van der Waals surface area contributed by atoms with E-state index in [0.717, 1.165) is 28.9 Å². The van der Waals surface area contributed by atoms with Crippen molar-refractivity contribution in [2.45, 2.75) is 42.2 Å². The van der Waals surface area contributed by atoms with Gasteiger partial charge in [0, 0.05) is 22.5 Å². The van der Waals surface area contributed by atoms with Crippen LogP contribution in [0.1, 0.15) is 42.6 Å². The molecule has 1 aliphatic rings. The maximum absolute atomic E-state index is 12.6. The van der Waals surface area contributed by atoms with Crippen LogP contribution in [0.3, 0.4) is 0 Å². The third-order valence-corrected chi connectivity index (χ3v) is 8.69. The highest BCUT2D eigenvalue weighted by Gasteiger charge is 2.21. The fourth-order valence-corrected chi connectivity index (χ4v) is 5.87. The van der Waals surface area contributed by atoms with Crippen molar-refractivity contribution in [3.63, 3.8) is 0 Å². The van der Waals surface area contributed by atoms with Crippen molar-refractivity contribution in [1.82, 2.24) is 9.97 Å². The third kappa shape index (κ3) is 7.18. The summed E-state index contributed by atoms with van der Waals surface area (Å²) >= 11 is 0. The first kappa shape index (κ1) is 25.0. The lowest BCUT2D eigenvalue weighted by Crippen LogP contribution is -2.18. The van der Waals surface area contributed by atoms with Gasteiger partial charge in [-0.3, -0.25) is 14.0 Å². The van der Waals surface area contributed by atoms with E-state index in [9.17, 15) is 9.00 Å². The Balaban J connectivity index is 0.000000257. The van der Waals surface area contributed by atoms with E-state index < -0.39 is 16.7 Å². The van der Waals surface area contributed by atoms with Crippen molar-refractivity contribution in [1.29, 1.82) is 0 Å². The van der Waals surface area contributed by atoms with Crippen molar-refractivity contribution in [3.8, 4) is 11.1 Å². The first-order chi connectivity index (χ1) is 15.8. The molecule has 1 unspecified atom stereocenters. The Morgan fingerprint density at radius 3 is 2.24 bits per heavy atom. The van der Waals surface area contributed by atoms with Gasteiger partial charge in [-0.05, 0) is 79.0 Å². The number of amides is 1. The van der Waals surface area contributed by atoms with Gasteiger partial charge in [-0.25, -0.2) is 4.98 Å². The molecule has 0 aliphatic heterocycles. The van der Waals surface area contributed by atoms with Crippen molar-refractivity contribution in [2.75, 3.05) is 19.1 Å². The van der Waals surface area contributed by atoms with Gasteiger partial charge in [0.25, 0.3) is 5.91 Å². The van der Waals surface area contributed by atoms with E-state index in [1.807, 2.05) is 48.7 Å². The number of carbonyl (C=O) groups is 1. The number of pyridine rings is 2. The smallest absolute Gasteiger partial charge is 0.267 e. The second-order valence-electron chi connectivity index (χ2n) is 8.21. The van der Waals surface area contributed by atoms with Crippen LogP contribution in [0, 0.1) is 0 Å². The zero-order chi connectivity index (χ0) is 23.8. The molecular formula is C25H31N4O2PS. The van der Waals surface area contributed by atoms with Crippen molar-refractivity contribution < 1.29 is 9.00 Å². The lowest BCUT2D eigenvalue weighted by atomic mass is 10.0. The molecule has 0 radical (unpaired) electrons. The average molecular weight is 483 g/mol. The summed E-state index contributed by atoms with van der Waals surface area (Å²) in [5, 5.41) is 1.58. The average Bonchev–Trinajstić information content (AvgIpc) is 2.85. The van der Waals surface area contributed by atoms with Crippen LogP contribution < -0.4 is 16.8 Å². The molecule has 1 amide bonds. The molecule has 3 aromatic rings. The minimum atomic E-state index is -0.933. The second kappa shape index (κ2) is 12.0. The highest BCUT2D eigenvalue weighted by atomic mass is 32.2. The van der Waals surface area contributed by atoms with Crippen LogP contribution in [-0.2, 0) is 10.8 Å². The predicted molar refractivity (Wildman–Crippen MR) is 139 cm³/mol. The van der Waals surface area contributed by atoms with Crippen molar-refractivity contribution in [3.05, 3.63) is 66.6 Å². The molecule has 6 nitrogen and oxygen atoms in total. The maximum Gasteiger partial charge on any atom is 0.267 e. The summed E-state index contributed by atoms with van der Waals surface area (Å²) in [5.41, 5.74) is 12.8. The minimum absolute atomic E-state index is 0.0260. The highest BCUT2D eigenvalue weighted by Crippen LogP contribution is 2.27. The molecular weight excluding hydrogens is 451 g/mol. The summed E-state index contributed by atoms with van der Waals surface area (Å²) in [5.74, 6) is 0.0578. The standard InChI is InChI=1S/C18H20N2O2S.C7H11N2P/c19-18(21)17-12-14(10-11-20-17)13-6-8-16(9-7-13)23(22)15-4-2-1-3-5-15;1-10(2)6-3-4-7(8)9-5-6/h6-12,15H,1-5H2,(H2,19,21);3-5H,1-2H3,(H2,8,9). The summed E-state index contributed by atoms with van der Waals surface area (Å²) in [7, 11) is -0.959. The van der Waals surface area contributed by atoms with Gasteiger partial charge >= 0.3 is 0 Å². The van der Waals surface area contributed by atoms with Crippen LogP contribution in [0.4, 0.5) is 5.82 Å². The van der Waals surface area contributed by atoms with Crippen LogP contribution in [0.25, 0.3) is 11.1 Å². The minimum Gasteiger partial charge on any atom is -0.384 e. The predicted octanol–water partition coefficient (Wildman–Crippen LogP) is 4.32. The molecule has 33 heavy (non-hydrogen) atoms. The molecule has 1 saturated carbocycles. The van der Waals surface area contributed by atoms with E-state index >= 15 is 0 Å². The van der Waals surface area contributed by atoms with Gasteiger partial charge in [0.1, 0.15) is 11.5 Å². The number of aromatic nitrogens is 2. The van der Waals surface area contributed by atoms with Gasteiger partial charge < -0.3 is 11.5 Å². The number of hydrogen-bond acceptors (Lipinski definition) is 5. The Bertz CT molecular complexity index is 1080. The molecule has 4 rings (SSSR count). The van der Waals surface area contributed by atoms with Crippen LogP contribution in [-0.4, -0.2) is 38.7 Å². The lowest BCUT2D eigenvalue weighted by Gasteiger charge is -2.21. The zero-order valence-corrected chi connectivity index (χ0v) is 20.8.